The maximum absolute atomic E-state index is 16.4. The van der Waals surface area contributed by atoms with Gasteiger partial charge in [-0.05, 0) is 89.5 Å². The van der Waals surface area contributed by atoms with Gasteiger partial charge in [0.05, 0.1) is 5.66 Å². The molecule has 4 fully saturated rings. The van der Waals surface area contributed by atoms with E-state index >= 15 is 4.57 Å². The van der Waals surface area contributed by atoms with Gasteiger partial charge in [0.2, 0.25) is 0 Å². The van der Waals surface area contributed by atoms with E-state index in [0.29, 0.717) is 22.6 Å². The second kappa shape index (κ2) is 13.6. The van der Waals surface area contributed by atoms with Gasteiger partial charge >= 0.3 is 0 Å². The first-order valence-corrected chi connectivity index (χ1v) is 20.5. The molecule has 1 aromatic carbocycles. The Morgan fingerprint density at radius 2 is 1.11 bits per heavy atom. The van der Waals surface area contributed by atoms with Crippen LogP contribution < -0.4 is 0 Å². The van der Waals surface area contributed by atoms with Gasteiger partial charge in [0, 0.05) is 28.0 Å². The molecule has 0 heterocycles. The SMILES string of the molecule is [B-][P+](/C(=C/C)[C@@H](c1ccccc1)P(=O)(C1CCCCC1)C1CCCCC1)(C1CCCCC1)C1CCCCC1. The lowest BCUT2D eigenvalue weighted by molar-refractivity contribution is 0.443. The third kappa shape index (κ3) is 5.85. The molecular weight excluding hydrogens is 497 g/mol. The molecule has 0 bridgehead atoms. The summed E-state index contributed by atoms with van der Waals surface area (Å²) in [5, 5.41) is 1.52. The van der Waals surface area contributed by atoms with Crippen LogP contribution in [0.5, 0.6) is 0 Å². The molecule has 4 heteroatoms. The first kappa shape index (κ1) is 29.2. The predicted molar refractivity (Wildman–Crippen MR) is 171 cm³/mol. The summed E-state index contributed by atoms with van der Waals surface area (Å²) in [6.45, 7) is 2.28. The number of benzene rings is 1. The zero-order valence-corrected chi connectivity index (χ0v) is 26.2. The zero-order chi connectivity index (χ0) is 26.4. The normalized spacial score (nSPS) is 25.4. The first-order chi connectivity index (χ1) is 18.6. The molecule has 0 aliphatic heterocycles. The molecule has 5 rings (SSSR count). The highest BCUT2D eigenvalue weighted by Gasteiger charge is 2.53. The molecule has 3 radical (unpaired) electrons. The topological polar surface area (TPSA) is 17.1 Å². The van der Waals surface area contributed by atoms with Gasteiger partial charge in [-0.2, -0.15) is 0 Å². The molecule has 209 valence electrons. The van der Waals surface area contributed by atoms with Gasteiger partial charge < -0.3 is 4.57 Å². The molecule has 0 spiro atoms. The van der Waals surface area contributed by atoms with Gasteiger partial charge in [-0.25, -0.2) is 7.14 Å². The van der Waals surface area contributed by atoms with Crippen molar-refractivity contribution in [3.8, 4) is 0 Å². The molecule has 0 saturated heterocycles. The summed E-state index contributed by atoms with van der Waals surface area (Å²) in [6.07, 6.45) is 28.2. The van der Waals surface area contributed by atoms with E-state index in [2.05, 4.69) is 43.3 Å². The molecule has 0 N–H and O–H groups in total. The van der Waals surface area contributed by atoms with E-state index in [1.165, 1.54) is 139 Å². The van der Waals surface area contributed by atoms with Gasteiger partial charge in [-0.15, -0.1) is 0 Å². The van der Waals surface area contributed by atoms with Crippen LogP contribution in [0, 0.1) is 0 Å². The van der Waals surface area contributed by atoms with E-state index < -0.39 is 14.3 Å². The van der Waals surface area contributed by atoms with Crippen molar-refractivity contribution in [3.05, 3.63) is 47.3 Å². The molecule has 0 unspecified atom stereocenters. The summed E-state index contributed by atoms with van der Waals surface area (Å²) in [7, 11) is 3.56. The minimum absolute atomic E-state index is 0.0575. The Kier molecular flexibility index (Phi) is 10.4. The highest BCUT2D eigenvalue weighted by molar-refractivity contribution is 8.02. The molecule has 4 aliphatic carbocycles. The highest BCUT2D eigenvalue weighted by atomic mass is 31.2. The lowest BCUT2D eigenvalue weighted by atomic mass is 9.99. The molecule has 4 aliphatic rings. The van der Waals surface area contributed by atoms with E-state index in [1.54, 1.807) is 0 Å². The van der Waals surface area contributed by atoms with E-state index in [1.807, 2.05) is 0 Å². The quantitative estimate of drug-likeness (QED) is 0.232. The van der Waals surface area contributed by atoms with Crippen LogP contribution in [-0.2, 0) is 4.57 Å². The summed E-state index contributed by atoms with van der Waals surface area (Å²) in [5.41, 5.74) is 3.46. The van der Waals surface area contributed by atoms with Crippen molar-refractivity contribution in [2.24, 2.45) is 0 Å². The van der Waals surface area contributed by atoms with Crippen LogP contribution in [0.4, 0.5) is 0 Å². The monoisotopic (exact) mass is 551 g/mol. The summed E-state index contributed by atoms with van der Waals surface area (Å²) >= 11 is 0. The summed E-state index contributed by atoms with van der Waals surface area (Å²) in [4.78, 5) is 0. The van der Waals surface area contributed by atoms with Crippen molar-refractivity contribution in [2.75, 3.05) is 0 Å². The fourth-order valence-electron chi connectivity index (χ4n) is 9.26. The molecule has 1 atom stereocenters. The summed E-state index contributed by atoms with van der Waals surface area (Å²) in [5.74, 6) is 0. The van der Waals surface area contributed by atoms with Crippen LogP contribution in [0.1, 0.15) is 147 Å². The van der Waals surface area contributed by atoms with Gasteiger partial charge in [0.1, 0.15) is 7.14 Å². The molecule has 38 heavy (non-hydrogen) atoms. The molecule has 0 amide bonds. The van der Waals surface area contributed by atoms with Crippen molar-refractivity contribution in [3.63, 3.8) is 0 Å². The summed E-state index contributed by atoms with van der Waals surface area (Å²) < 4.78 is 16.4. The van der Waals surface area contributed by atoms with E-state index in [-0.39, 0.29) is 5.66 Å². The number of hydrogen-bond donors (Lipinski definition) is 0. The smallest absolute Gasteiger partial charge is 0.108 e. The van der Waals surface area contributed by atoms with Crippen molar-refractivity contribution in [1.29, 1.82) is 0 Å². The van der Waals surface area contributed by atoms with Crippen LogP contribution in [0.2, 0.25) is 0 Å². The second-order valence-corrected chi connectivity index (χ2v) is 20.4. The van der Waals surface area contributed by atoms with Gasteiger partial charge in [0.25, 0.3) is 0 Å². The van der Waals surface area contributed by atoms with Crippen molar-refractivity contribution in [2.45, 2.75) is 164 Å². The number of rotatable bonds is 8. The third-order valence-electron chi connectivity index (χ3n) is 11.2. The Bertz CT molecular complexity index is 894. The van der Waals surface area contributed by atoms with Crippen LogP contribution in [-0.4, -0.2) is 30.2 Å². The average Bonchev–Trinajstić information content (AvgIpc) is 3.01. The van der Waals surface area contributed by atoms with E-state index in [4.69, 9.17) is 7.57 Å². The highest BCUT2D eigenvalue weighted by Crippen LogP contribution is 2.83. The van der Waals surface area contributed by atoms with E-state index in [9.17, 15) is 0 Å². The fraction of sp³-hybridized carbons (Fsp3) is 0.765. The Morgan fingerprint density at radius 3 is 1.50 bits per heavy atom. The fourth-order valence-corrected chi connectivity index (χ4v) is 20.3. The van der Waals surface area contributed by atoms with Gasteiger partial charge in [-0.1, -0.05) is 87.8 Å². The lowest BCUT2D eigenvalue weighted by Crippen LogP contribution is -2.33. The zero-order valence-electron chi connectivity index (χ0n) is 24.4. The maximum Gasteiger partial charge on any atom is 0.108 e. The van der Waals surface area contributed by atoms with Crippen molar-refractivity contribution in [1.82, 2.24) is 0 Å². The predicted octanol–water partition coefficient (Wildman–Crippen LogP) is 11.4. The molecule has 4 saturated carbocycles. The minimum atomic E-state index is -2.59. The Hall–Kier alpha value is -0.315. The molecule has 0 aromatic heterocycles. The van der Waals surface area contributed by atoms with Crippen LogP contribution in [0.25, 0.3) is 0 Å². The maximum atomic E-state index is 16.4. The largest absolute Gasteiger partial charge is 0.322 e. The Labute approximate surface area is 236 Å². The van der Waals surface area contributed by atoms with E-state index in [0.717, 1.165) is 0 Å². The third-order valence-corrected chi connectivity index (χ3v) is 21.0. The van der Waals surface area contributed by atoms with Gasteiger partial charge in [0.15, 0.2) is 0 Å². The van der Waals surface area contributed by atoms with Gasteiger partial charge in [-0.3, -0.25) is 7.57 Å². The minimum Gasteiger partial charge on any atom is -0.322 e. The summed E-state index contributed by atoms with van der Waals surface area (Å²) in [6, 6.07) is 11.2. The van der Waals surface area contributed by atoms with Crippen molar-refractivity contribution >= 4 is 21.8 Å². The standard InChI is InChI=1S/C34H54BOP2/c1-2-33(37(35,29-20-10-4-11-21-29)30-22-12-5-13-23-30)34(28-18-8-3-9-19-28)38(36,31-24-14-6-15-25-31)32-26-16-7-17-27-32/h2-3,8-9,18-19,29-32,34H,4-7,10-17,20-27H2,1H3/b33-2+/t34-/m1/s1. The Balaban J connectivity index is 1.67. The number of hydrogen-bond acceptors (Lipinski definition) is 1. The van der Waals surface area contributed by atoms with Crippen LogP contribution in [0.15, 0.2) is 41.7 Å². The van der Waals surface area contributed by atoms with Crippen LogP contribution in [0.3, 0.4) is 0 Å². The first-order valence-electron chi connectivity index (χ1n) is 16.6. The second-order valence-electron chi connectivity index (χ2n) is 13.3. The Morgan fingerprint density at radius 1 is 0.711 bits per heavy atom. The molecule has 1 aromatic rings. The lowest BCUT2D eigenvalue weighted by Gasteiger charge is -2.56. The van der Waals surface area contributed by atoms with Crippen molar-refractivity contribution < 1.29 is 4.57 Å². The molecular formula is C34H54BOP2. The van der Waals surface area contributed by atoms with Crippen LogP contribution >= 0.6 is 14.3 Å². The molecule has 1 nitrogen and oxygen atoms in total. The average molecular weight is 552 g/mol. The number of allylic oxidation sites excluding steroid dienone is 2.